The number of carboxylic acid groups (broad SMARTS) is 1. The molecule has 41 heavy (non-hydrogen) atoms. The Bertz CT molecular complexity index is 1530. The number of fused-ring (bicyclic) bond motifs is 1. The van der Waals surface area contributed by atoms with Gasteiger partial charge in [0.15, 0.2) is 12.5 Å². The van der Waals surface area contributed by atoms with Crippen LogP contribution < -0.4 is 15.0 Å². The highest BCUT2D eigenvalue weighted by molar-refractivity contribution is 6.40. The number of ether oxygens (including phenoxy) is 2. The van der Waals surface area contributed by atoms with Crippen LogP contribution in [0.25, 0.3) is 16.8 Å². The minimum Gasteiger partial charge on any atom is -0.478 e. The number of halogens is 2. The SMILES string of the molecule is CN/C=C(\C=N)c1cc(Cl)c(C(=O)N2COc3c(ccnc3-c3ccc(C(=O)O)c(N4CCOCC4)c3)C2)c(Cl)c1. The Morgan fingerprint density at radius 3 is 2.51 bits per heavy atom. The fourth-order valence-corrected chi connectivity index (χ4v) is 5.54. The number of hydrogen-bond acceptors (Lipinski definition) is 8. The molecule has 1 amide bonds. The maximum absolute atomic E-state index is 13.5. The van der Waals surface area contributed by atoms with Crippen molar-refractivity contribution in [3.8, 4) is 17.0 Å². The molecule has 12 heteroatoms. The molecule has 1 fully saturated rings. The molecule has 0 aliphatic carbocycles. The second-order valence-corrected chi connectivity index (χ2v) is 10.2. The number of amides is 1. The number of carboxylic acids is 1. The third-order valence-electron chi connectivity index (χ3n) is 6.90. The number of morpholine rings is 1. The van der Waals surface area contributed by atoms with Gasteiger partial charge < -0.3 is 35.1 Å². The Morgan fingerprint density at radius 2 is 1.85 bits per heavy atom. The van der Waals surface area contributed by atoms with Crippen molar-refractivity contribution < 1.29 is 24.2 Å². The van der Waals surface area contributed by atoms with Crippen molar-refractivity contribution in [2.75, 3.05) is 45.0 Å². The summed E-state index contributed by atoms with van der Waals surface area (Å²) in [5.41, 5.74) is 4.08. The van der Waals surface area contributed by atoms with E-state index in [9.17, 15) is 14.7 Å². The Hall–Kier alpha value is -4.12. The molecule has 3 N–H and O–H groups in total. The van der Waals surface area contributed by atoms with Gasteiger partial charge in [0, 0.05) is 55.4 Å². The quantitative estimate of drug-likeness (QED) is 0.332. The summed E-state index contributed by atoms with van der Waals surface area (Å²) >= 11 is 13.0. The number of benzene rings is 2. The van der Waals surface area contributed by atoms with Gasteiger partial charge in [-0.2, -0.15) is 0 Å². The molecule has 2 aliphatic rings. The van der Waals surface area contributed by atoms with E-state index < -0.39 is 11.9 Å². The molecular formula is C29H27Cl2N5O5. The number of carbonyl (C=O) groups is 2. The van der Waals surface area contributed by atoms with Gasteiger partial charge in [0.05, 0.1) is 46.6 Å². The number of aromatic carboxylic acids is 1. The van der Waals surface area contributed by atoms with E-state index in [1.165, 1.54) is 11.1 Å². The highest BCUT2D eigenvalue weighted by atomic mass is 35.5. The summed E-state index contributed by atoms with van der Waals surface area (Å²) in [5.74, 6) is -0.887. The van der Waals surface area contributed by atoms with Gasteiger partial charge in [-0.05, 0) is 35.9 Å². The van der Waals surface area contributed by atoms with Gasteiger partial charge in [0.25, 0.3) is 5.91 Å². The van der Waals surface area contributed by atoms with E-state index in [4.69, 9.17) is 38.1 Å². The number of pyridine rings is 1. The number of nitrogens with one attached hydrogen (secondary N) is 2. The second-order valence-electron chi connectivity index (χ2n) is 9.41. The van der Waals surface area contributed by atoms with Crippen LogP contribution in [0.4, 0.5) is 5.69 Å². The average Bonchev–Trinajstić information content (AvgIpc) is 2.98. The third-order valence-corrected chi connectivity index (χ3v) is 7.49. The molecule has 1 aromatic heterocycles. The van der Waals surface area contributed by atoms with Crippen LogP contribution in [0, 0.1) is 5.41 Å². The lowest BCUT2D eigenvalue weighted by atomic mass is 10.0. The van der Waals surface area contributed by atoms with Gasteiger partial charge >= 0.3 is 5.97 Å². The Morgan fingerprint density at radius 1 is 1.12 bits per heavy atom. The Balaban J connectivity index is 1.44. The first-order valence-corrected chi connectivity index (χ1v) is 13.6. The predicted molar refractivity (Wildman–Crippen MR) is 157 cm³/mol. The zero-order valence-electron chi connectivity index (χ0n) is 22.1. The van der Waals surface area contributed by atoms with Gasteiger partial charge in [0.1, 0.15) is 5.69 Å². The van der Waals surface area contributed by atoms with Crippen LogP contribution in [0.5, 0.6) is 5.75 Å². The molecule has 1 saturated heterocycles. The molecule has 10 nitrogen and oxygen atoms in total. The monoisotopic (exact) mass is 595 g/mol. The van der Waals surface area contributed by atoms with Crippen molar-refractivity contribution in [1.29, 1.82) is 5.41 Å². The van der Waals surface area contributed by atoms with Crippen LogP contribution in [0.3, 0.4) is 0 Å². The summed E-state index contributed by atoms with van der Waals surface area (Å²) < 4.78 is 11.5. The third kappa shape index (κ3) is 5.72. The zero-order valence-corrected chi connectivity index (χ0v) is 23.6. The maximum atomic E-state index is 13.5. The minimum absolute atomic E-state index is 0.0616. The van der Waals surface area contributed by atoms with Crippen LogP contribution in [-0.2, 0) is 11.3 Å². The van der Waals surface area contributed by atoms with Crippen LogP contribution in [0.2, 0.25) is 10.0 Å². The minimum atomic E-state index is -1.01. The smallest absolute Gasteiger partial charge is 0.337 e. The van der Waals surface area contributed by atoms with Crippen LogP contribution in [0.1, 0.15) is 31.8 Å². The number of hydrogen-bond donors (Lipinski definition) is 3. The number of aromatic nitrogens is 1. The molecule has 0 unspecified atom stereocenters. The summed E-state index contributed by atoms with van der Waals surface area (Å²) in [7, 11) is 1.72. The molecule has 3 aromatic rings. The molecule has 2 aliphatic heterocycles. The lowest BCUT2D eigenvalue weighted by Crippen LogP contribution is -2.38. The molecule has 3 heterocycles. The lowest BCUT2D eigenvalue weighted by Gasteiger charge is -2.31. The van der Waals surface area contributed by atoms with E-state index in [-0.39, 0.29) is 34.4 Å². The van der Waals surface area contributed by atoms with Crippen molar-refractivity contribution in [2.24, 2.45) is 0 Å². The van der Waals surface area contributed by atoms with Gasteiger partial charge in [-0.15, -0.1) is 0 Å². The fraction of sp³-hybridized carbons (Fsp3) is 0.241. The van der Waals surface area contributed by atoms with E-state index in [1.807, 2.05) is 11.0 Å². The topological polar surface area (TPSA) is 128 Å². The summed E-state index contributed by atoms with van der Waals surface area (Å²) in [5, 5.41) is 20.6. The summed E-state index contributed by atoms with van der Waals surface area (Å²) in [6.07, 6.45) is 4.43. The molecule has 0 atom stereocenters. The highest BCUT2D eigenvalue weighted by Crippen LogP contribution is 2.38. The van der Waals surface area contributed by atoms with E-state index in [0.29, 0.717) is 60.1 Å². The number of allylic oxidation sites excluding steroid dienone is 1. The maximum Gasteiger partial charge on any atom is 0.337 e. The Labute approximate surface area is 246 Å². The lowest BCUT2D eigenvalue weighted by molar-refractivity contribution is 0.0515. The van der Waals surface area contributed by atoms with Crippen molar-refractivity contribution in [1.82, 2.24) is 15.2 Å². The Kier molecular flexibility index (Phi) is 8.44. The largest absolute Gasteiger partial charge is 0.478 e. The average molecular weight is 596 g/mol. The first-order chi connectivity index (χ1) is 19.8. The first kappa shape index (κ1) is 28.4. The molecule has 0 spiro atoms. The van der Waals surface area contributed by atoms with Crippen molar-refractivity contribution >= 4 is 52.6 Å². The normalized spacial score (nSPS) is 15.1. The molecule has 0 radical (unpaired) electrons. The zero-order chi connectivity index (χ0) is 29.1. The highest BCUT2D eigenvalue weighted by Gasteiger charge is 2.29. The number of anilines is 1. The van der Waals surface area contributed by atoms with Gasteiger partial charge in [-0.25, -0.2) is 4.79 Å². The van der Waals surface area contributed by atoms with Crippen LogP contribution >= 0.6 is 23.2 Å². The van der Waals surface area contributed by atoms with Gasteiger partial charge in [-0.1, -0.05) is 29.3 Å². The summed E-state index contributed by atoms with van der Waals surface area (Å²) in [6, 6.07) is 10.1. The van der Waals surface area contributed by atoms with Crippen molar-refractivity contribution in [2.45, 2.75) is 6.54 Å². The molecule has 0 bridgehead atoms. The number of nitrogens with zero attached hydrogens (tertiary/aromatic N) is 3. The number of carbonyl (C=O) groups excluding carboxylic acids is 1. The van der Waals surface area contributed by atoms with E-state index >= 15 is 0 Å². The molecule has 5 rings (SSSR count). The van der Waals surface area contributed by atoms with E-state index in [1.54, 1.807) is 49.8 Å². The van der Waals surface area contributed by atoms with Crippen molar-refractivity contribution in [3.05, 3.63) is 81.1 Å². The standard InChI is InChI=1S/C29H27Cl2N5O5/c1-33-14-20(13-32)19-10-22(30)25(23(31)11-19)28(37)36-15-18-4-5-34-26(27(18)41-16-36)17-2-3-21(29(38)39)24(12-17)35-6-8-40-9-7-35/h2-5,10-14,32-33H,6-9,15-16H2,1H3,(H,38,39)/b20-14+,32-13?. The van der Waals surface area contributed by atoms with E-state index in [0.717, 1.165) is 5.56 Å². The van der Waals surface area contributed by atoms with Crippen LogP contribution in [0.15, 0.2) is 48.8 Å². The summed E-state index contributed by atoms with van der Waals surface area (Å²) in [4.78, 5) is 33.5. The predicted octanol–water partition coefficient (Wildman–Crippen LogP) is 4.79. The van der Waals surface area contributed by atoms with Crippen molar-refractivity contribution in [3.63, 3.8) is 0 Å². The van der Waals surface area contributed by atoms with Gasteiger partial charge in [0.2, 0.25) is 0 Å². The molecule has 212 valence electrons. The molecular weight excluding hydrogens is 569 g/mol. The van der Waals surface area contributed by atoms with Gasteiger partial charge in [-0.3, -0.25) is 9.78 Å². The first-order valence-electron chi connectivity index (χ1n) is 12.8. The van der Waals surface area contributed by atoms with E-state index in [2.05, 4.69) is 10.3 Å². The molecule has 0 saturated carbocycles. The fourth-order valence-electron chi connectivity index (χ4n) is 4.90. The summed E-state index contributed by atoms with van der Waals surface area (Å²) in [6.45, 7) is 2.36. The second kappa shape index (κ2) is 12.2. The molecule has 2 aromatic carbocycles. The van der Waals surface area contributed by atoms with Crippen LogP contribution in [-0.4, -0.2) is 73.2 Å². The number of rotatable bonds is 7.